The molecule has 1 rings (SSSR count). The van der Waals surface area contributed by atoms with Gasteiger partial charge >= 0.3 is 18.9 Å². The standard InChI is InChI=1S/C9H18N.3CH3.Al.Li/c1-8(2)6-5-7-9(3,4)10-8;;;;;/h5-7H2,1-4H3;3*1H3;;/q-1;;;;;+1. The van der Waals surface area contributed by atoms with Crippen molar-refractivity contribution < 1.29 is 18.9 Å². The summed E-state index contributed by atoms with van der Waals surface area (Å²) in [4.78, 5) is 0. The summed E-state index contributed by atoms with van der Waals surface area (Å²) in [5.74, 6) is 7.51. The summed E-state index contributed by atoms with van der Waals surface area (Å²) in [5, 5.41) is 0. The van der Waals surface area contributed by atoms with E-state index in [1.54, 1.807) is 0 Å². The fourth-order valence-corrected chi connectivity index (χ4v) is 8.56. The van der Waals surface area contributed by atoms with Gasteiger partial charge in [-0.15, -0.1) is 0 Å². The molecule has 0 radical (unpaired) electrons. The molecule has 1 nitrogen and oxygen atoms in total. The van der Waals surface area contributed by atoms with Crippen LogP contribution in [0.4, 0.5) is 0 Å². The Morgan fingerprint density at radius 3 is 1.40 bits per heavy atom. The Morgan fingerprint density at radius 2 is 1.20 bits per heavy atom. The average molecular weight is 219 g/mol. The molecule has 0 aromatic carbocycles. The van der Waals surface area contributed by atoms with E-state index in [-0.39, 0.29) is 18.9 Å². The van der Waals surface area contributed by atoms with Crippen LogP contribution in [0.5, 0.6) is 0 Å². The van der Waals surface area contributed by atoms with Gasteiger partial charge in [0.25, 0.3) is 0 Å². The van der Waals surface area contributed by atoms with Gasteiger partial charge in [-0.3, -0.25) is 0 Å². The second kappa shape index (κ2) is 4.76. The summed E-state index contributed by atoms with van der Waals surface area (Å²) < 4.78 is 2.87. The summed E-state index contributed by atoms with van der Waals surface area (Å²) in [6.07, 6.45) is 4.13. The van der Waals surface area contributed by atoms with Crippen molar-refractivity contribution in [2.45, 2.75) is 75.4 Å². The van der Waals surface area contributed by atoms with Crippen molar-refractivity contribution in [3.63, 3.8) is 0 Å². The fourth-order valence-electron chi connectivity index (χ4n) is 4.11. The molecule has 0 atom stereocenters. The predicted octanol–water partition coefficient (Wildman–Crippen LogP) is 0.868. The molecule has 0 unspecified atom stereocenters. The Labute approximate surface area is 111 Å². The van der Waals surface area contributed by atoms with Crippen molar-refractivity contribution in [1.29, 1.82) is 0 Å². The maximum atomic E-state index is 2.87. The van der Waals surface area contributed by atoms with Crippen molar-refractivity contribution in [1.82, 2.24) is 3.88 Å². The maximum Gasteiger partial charge on any atom is 1.00 e. The molecule has 0 aliphatic carbocycles. The number of hydrogen-bond acceptors (Lipinski definition) is 1. The summed E-state index contributed by atoms with van der Waals surface area (Å²) in [5.41, 5.74) is 0.843. The average Bonchev–Trinajstić information content (AvgIpc) is 1.76. The molecule has 0 amide bonds. The van der Waals surface area contributed by atoms with Gasteiger partial charge in [0.05, 0.1) is 0 Å². The predicted molar refractivity (Wildman–Crippen MR) is 67.2 cm³/mol. The van der Waals surface area contributed by atoms with Crippen molar-refractivity contribution in [2.75, 3.05) is 0 Å². The van der Waals surface area contributed by atoms with Crippen LogP contribution in [-0.4, -0.2) is 28.3 Å². The fraction of sp³-hybridized carbons (Fsp3) is 1.00. The minimum absolute atomic E-state index is 0. The maximum absolute atomic E-state index is 2.87. The van der Waals surface area contributed by atoms with Crippen molar-refractivity contribution in [3.05, 3.63) is 0 Å². The Morgan fingerprint density at radius 1 is 0.867 bits per heavy atom. The summed E-state index contributed by atoms with van der Waals surface area (Å²) >= 11 is -1.49. The molecule has 0 spiro atoms. The van der Waals surface area contributed by atoms with Gasteiger partial charge in [0.1, 0.15) is 0 Å². The molecular weight excluding hydrogens is 192 g/mol. The normalized spacial score (nSPS) is 25.8. The third-order valence-electron chi connectivity index (χ3n) is 3.66. The molecule has 0 N–H and O–H groups in total. The smallest absolute Gasteiger partial charge is 0.504 e. The van der Waals surface area contributed by atoms with E-state index < -0.39 is 13.3 Å². The number of nitrogens with zero attached hydrogens (tertiary/aromatic N) is 1. The molecule has 15 heavy (non-hydrogen) atoms. The molecular formula is C12H27AlLiN. The van der Waals surface area contributed by atoms with Gasteiger partial charge in [-0.1, -0.05) is 34.1 Å². The van der Waals surface area contributed by atoms with Gasteiger partial charge in [0, 0.05) is 0 Å². The minimum Gasteiger partial charge on any atom is -0.504 e. The van der Waals surface area contributed by atoms with Crippen molar-refractivity contribution in [2.24, 2.45) is 0 Å². The molecule has 1 aliphatic heterocycles. The topological polar surface area (TPSA) is 3.24 Å². The van der Waals surface area contributed by atoms with E-state index in [2.05, 4.69) is 48.9 Å². The first-order valence-electron chi connectivity index (χ1n) is 6.14. The van der Waals surface area contributed by atoms with Crippen LogP contribution in [0, 0.1) is 0 Å². The van der Waals surface area contributed by atoms with Gasteiger partial charge in [0.15, 0.2) is 0 Å². The molecule has 1 aliphatic rings. The third kappa shape index (κ3) is 3.52. The molecule has 0 aromatic heterocycles. The summed E-state index contributed by atoms with van der Waals surface area (Å²) in [7, 11) is 0. The van der Waals surface area contributed by atoms with Gasteiger partial charge < -0.3 is 3.88 Å². The number of piperidine rings is 1. The van der Waals surface area contributed by atoms with Crippen molar-refractivity contribution >= 4 is 13.3 Å². The molecule has 3 heteroatoms. The SMILES string of the molecule is CC1(C)CCCC(C)(C)[N]1[Al-]([CH3])([CH3])[CH3].[Li+]. The van der Waals surface area contributed by atoms with Crippen LogP contribution in [0.15, 0.2) is 0 Å². The Balaban J connectivity index is 0.00000196. The first kappa shape index (κ1) is 16.1. The Kier molecular flexibility index (Phi) is 5.10. The minimum atomic E-state index is -1.49. The Bertz CT molecular complexity index is 202. The monoisotopic (exact) mass is 219 g/mol. The van der Waals surface area contributed by atoms with E-state index in [1.807, 2.05) is 0 Å². The van der Waals surface area contributed by atoms with Crippen LogP contribution in [0.3, 0.4) is 0 Å². The van der Waals surface area contributed by atoms with E-state index in [1.165, 1.54) is 19.3 Å². The quantitative estimate of drug-likeness (QED) is 0.591. The number of hydrogen-bond donors (Lipinski definition) is 0. The van der Waals surface area contributed by atoms with Crippen LogP contribution in [0.2, 0.25) is 17.4 Å². The first-order chi connectivity index (χ1) is 6.07. The van der Waals surface area contributed by atoms with Gasteiger partial charge in [-0.2, -0.15) is 17.4 Å². The van der Waals surface area contributed by atoms with Gasteiger partial charge in [-0.05, 0) is 23.9 Å². The second-order valence-electron chi connectivity index (χ2n) is 7.36. The van der Waals surface area contributed by atoms with E-state index in [4.69, 9.17) is 0 Å². The van der Waals surface area contributed by atoms with Crippen LogP contribution in [-0.2, 0) is 0 Å². The van der Waals surface area contributed by atoms with E-state index in [0.717, 1.165) is 0 Å². The molecule has 84 valence electrons. The zero-order valence-corrected chi connectivity index (χ0v) is 13.3. The third-order valence-corrected chi connectivity index (χ3v) is 6.60. The van der Waals surface area contributed by atoms with E-state index in [9.17, 15) is 0 Å². The zero-order chi connectivity index (χ0) is 11.2. The summed E-state index contributed by atoms with van der Waals surface area (Å²) in [6, 6.07) is 0. The van der Waals surface area contributed by atoms with Crippen LogP contribution in [0.1, 0.15) is 47.0 Å². The molecule has 1 saturated heterocycles. The molecule has 0 saturated carbocycles. The molecule has 1 heterocycles. The van der Waals surface area contributed by atoms with Crippen LogP contribution >= 0.6 is 0 Å². The van der Waals surface area contributed by atoms with Crippen molar-refractivity contribution in [3.8, 4) is 0 Å². The second-order valence-corrected chi connectivity index (χ2v) is 12.9. The van der Waals surface area contributed by atoms with E-state index in [0.29, 0.717) is 11.1 Å². The van der Waals surface area contributed by atoms with Crippen LogP contribution < -0.4 is 18.9 Å². The molecule has 1 fully saturated rings. The van der Waals surface area contributed by atoms with Crippen LogP contribution in [0.25, 0.3) is 0 Å². The largest absolute Gasteiger partial charge is 1.00 e. The molecule has 0 aromatic rings. The molecule has 0 bridgehead atoms. The van der Waals surface area contributed by atoms with Gasteiger partial charge in [-0.25, -0.2) is 0 Å². The Hall–Kier alpha value is 1.09. The summed E-state index contributed by atoms with van der Waals surface area (Å²) in [6.45, 7) is 9.72. The first-order valence-corrected chi connectivity index (χ1v) is 10.1. The van der Waals surface area contributed by atoms with Gasteiger partial charge in [0.2, 0.25) is 13.3 Å². The number of rotatable bonds is 1. The zero-order valence-electron chi connectivity index (χ0n) is 12.1. The van der Waals surface area contributed by atoms with E-state index >= 15 is 0 Å².